The zero-order chi connectivity index (χ0) is 47.9. The second kappa shape index (κ2) is 40.9. The van der Waals surface area contributed by atoms with E-state index in [1.54, 1.807) is 7.11 Å². The van der Waals surface area contributed by atoms with Crippen LogP contribution in [0.5, 0.6) is 0 Å². The maximum atomic E-state index is 11.3. The molecule has 4 heterocycles. The fraction of sp³-hybridized carbons (Fsp3) is 0.958. The van der Waals surface area contributed by atoms with Crippen molar-refractivity contribution in [3.63, 3.8) is 0 Å². The Morgan fingerprint density at radius 2 is 1.27 bits per heavy atom. The summed E-state index contributed by atoms with van der Waals surface area (Å²) in [5.74, 6) is 1.92. The smallest absolute Gasteiger partial charge is 0.391 e. The molecule has 1 atom stereocenters. The van der Waals surface area contributed by atoms with Gasteiger partial charge in [-0.2, -0.15) is 18.4 Å². The average Bonchev–Trinajstić information content (AvgIpc) is 4.00. The van der Waals surface area contributed by atoms with E-state index in [2.05, 4.69) is 84.7 Å². The first kappa shape index (κ1) is 64.7. The summed E-state index contributed by atoms with van der Waals surface area (Å²) < 4.78 is 44.1. The van der Waals surface area contributed by atoms with E-state index in [9.17, 15) is 13.2 Å². The molecule has 3 N–H and O–H groups in total. The minimum atomic E-state index is -4.23. The summed E-state index contributed by atoms with van der Waals surface area (Å²) in [5.41, 5.74) is 0.153. The zero-order valence-corrected chi connectivity index (χ0v) is 42.1. The van der Waals surface area contributed by atoms with Crippen LogP contribution in [0.25, 0.3) is 4.85 Å². The fourth-order valence-corrected chi connectivity index (χ4v) is 5.60. The monoisotopic (exact) mass is 894 g/mol. The van der Waals surface area contributed by atoms with Crippen LogP contribution in [0.3, 0.4) is 0 Å². The number of aliphatic hydroxyl groups is 2. The highest BCUT2D eigenvalue weighted by Crippen LogP contribution is 2.39. The lowest BCUT2D eigenvalue weighted by Gasteiger charge is -2.30. The van der Waals surface area contributed by atoms with E-state index >= 15 is 0 Å². The number of methoxy groups -OCH3 is 1. The van der Waals surface area contributed by atoms with Gasteiger partial charge in [-0.3, -0.25) is 0 Å². The molecule has 2 aliphatic carbocycles. The summed E-state index contributed by atoms with van der Waals surface area (Å²) in [6.07, 6.45) is 6.98. The van der Waals surface area contributed by atoms with Crippen LogP contribution in [-0.2, 0) is 9.47 Å². The van der Waals surface area contributed by atoms with Gasteiger partial charge in [-0.1, -0.05) is 54.4 Å². The van der Waals surface area contributed by atoms with Gasteiger partial charge in [0.1, 0.15) is 0 Å². The molecule has 11 nitrogen and oxygen atoms in total. The summed E-state index contributed by atoms with van der Waals surface area (Å²) >= 11 is 0. The van der Waals surface area contributed by atoms with Gasteiger partial charge in [-0.05, 0) is 117 Å². The number of ether oxygens (including phenoxy) is 2. The second-order valence-corrected chi connectivity index (χ2v) is 18.4. The zero-order valence-electron chi connectivity index (χ0n) is 42.1. The predicted octanol–water partition coefficient (Wildman–Crippen LogP) is 8.86. The molecule has 370 valence electrons. The van der Waals surface area contributed by atoms with Crippen molar-refractivity contribution in [2.45, 2.75) is 157 Å². The van der Waals surface area contributed by atoms with Gasteiger partial charge in [0, 0.05) is 79.3 Å². The number of halogens is 3. The third kappa shape index (κ3) is 45.0. The van der Waals surface area contributed by atoms with Crippen molar-refractivity contribution in [1.82, 2.24) is 24.9 Å². The van der Waals surface area contributed by atoms with Gasteiger partial charge in [0.25, 0.3) is 0 Å². The molecule has 0 radical (unpaired) electrons. The van der Waals surface area contributed by atoms with Crippen molar-refractivity contribution in [1.29, 1.82) is 5.26 Å². The van der Waals surface area contributed by atoms with Gasteiger partial charge in [-0.15, -0.1) is 0 Å². The maximum Gasteiger partial charge on any atom is 0.391 e. The third-order valence-electron chi connectivity index (χ3n) is 11.2. The molecule has 0 aromatic heterocycles. The molecule has 6 aliphatic rings. The number of nitrogens with zero attached hydrogens (tertiary/aromatic N) is 6. The van der Waals surface area contributed by atoms with Crippen molar-refractivity contribution in [2.75, 3.05) is 127 Å². The number of alkyl halides is 3. The van der Waals surface area contributed by atoms with E-state index in [-0.39, 0.29) is 17.4 Å². The first-order chi connectivity index (χ1) is 29.2. The highest BCUT2D eigenvalue weighted by atomic mass is 19.4. The van der Waals surface area contributed by atoms with Gasteiger partial charge in [0.2, 0.25) is 5.54 Å². The summed E-state index contributed by atoms with van der Waals surface area (Å²) in [7, 11) is 8.24. The maximum absolute atomic E-state index is 11.3. The minimum absolute atomic E-state index is 0.0694. The van der Waals surface area contributed by atoms with E-state index in [0.29, 0.717) is 6.61 Å². The van der Waals surface area contributed by atoms with E-state index < -0.39 is 18.7 Å². The number of morpholine rings is 1. The number of nitrogens with one attached hydrogen (secondary N) is 1. The molecule has 6 rings (SSSR count). The minimum Gasteiger partial charge on any atom is -0.396 e. The fourth-order valence-electron chi connectivity index (χ4n) is 5.60. The molecule has 14 heteroatoms. The summed E-state index contributed by atoms with van der Waals surface area (Å²) in [4.78, 5) is 12.9. The van der Waals surface area contributed by atoms with Crippen molar-refractivity contribution in [2.24, 2.45) is 17.3 Å². The van der Waals surface area contributed by atoms with Crippen molar-refractivity contribution in [3.05, 3.63) is 11.4 Å². The van der Waals surface area contributed by atoms with E-state index in [0.717, 1.165) is 96.5 Å². The Balaban J connectivity index is -0.000000643. The number of rotatable bonds is 6. The van der Waals surface area contributed by atoms with E-state index in [1.165, 1.54) is 84.7 Å². The number of piperidine rings is 2. The molecule has 4 aliphatic heterocycles. The average molecular weight is 894 g/mol. The van der Waals surface area contributed by atoms with Gasteiger partial charge >= 0.3 is 6.18 Å². The summed E-state index contributed by atoms with van der Waals surface area (Å²) in [5, 5.41) is 28.0. The number of likely N-dealkylation sites (tertiary alicyclic amines) is 2. The molecule has 4 saturated heterocycles. The van der Waals surface area contributed by atoms with Crippen LogP contribution in [0.15, 0.2) is 0 Å². The van der Waals surface area contributed by atoms with Gasteiger partial charge in [0.15, 0.2) is 0 Å². The highest BCUT2D eigenvalue weighted by molar-refractivity contribution is 5.07. The molecular formula is C48H98F3N7O4. The molecule has 6 fully saturated rings. The van der Waals surface area contributed by atoms with Crippen molar-refractivity contribution < 1.29 is 32.9 Å². The Labute approximate surface area is 380 Å². The summed E-state index contributed by atoms with van der Waals surface area (Å²) in [6, 6.07) is 2.28. The van der Waals surface area contributed by atoms with Gasteiger partial charge < -0.3 is 49.4 Å². The SMILES string of the molecule is CC1(C#N)CCC1.CC1CCN(C)CC1.CCC.CCC(O)CC(F)(F)F.CCCO.CN1CCNCC1.CN1CCOCC1.COCCN1CCC(C)CC1.[C-]#[N+]C1(C)CC1. The molecule has 0 bridgehead atoms. The number of aliphatic hydroxyl groups excluding tert-OH is 2. The van der Waals surface area contributed by atoms with E-state index in [1.807, 2.05) is 20.8 Å². The Bertz CT molecular complexity index is 1010. The Kier molecular flexibility index (Phi) is 42.7. The first-order valence-corrected chi connectivity index (χ1v) is 23.9. The van der Waals surface area contributed by atoms with E-state index in [4.69, 9.17) is 31.5 Å². The number of likely N-dealkylation sites (N-methyl/N-ethyl adjacent to an activating group) is 2. The molecule has 62 heavy (non-hydrogen) atoms. The summed E-state index contributed by atoms with van der Waals surface area (Å²) in [6.45, 7) is 39.2. The molecule has 0 spiro atoms. The van der Waals surface area contributed by atoms with Crippen LogP contribution >= 0.6 is 0 Å². The predicted molar refractivity (Wildman–Crippen MR) is 253 cm³/mol. The third-order valence-corrected chi connectivity index (χ3v) is 11.2. The number of piperazine rings is 1. The number of hydrogen-bond donors (Lipinski definition) is 3. The van der Waals surface area contributed by atoms with Crippen molar-refractivity contribution >= 4 is 0 Å². The number of nitriles is 1. The Morgan fingerprint density at radius 1 is 0.839 bits per heavy atom. The molecule has 0 aromatic carbocycles. The largest absolute Gasteiger partial charge is 0.396 e. The molecule has 2 saturated carbocycles. The lowest BCUT2D eigenvalue weighted by Crippen LogP contribution is -2.40. The second-order valence-electron chi connectivity index (χ2n) is 18.4. The van der Waals surface area contributed by atoms with Crippen LogP contribution in [-0.4, -0.2) is 174 Å². The Hall–Kier alpha value is -1.59. The Morgan fingerprint density at radius 3 is 1.48 bits per heavy atom. The molecular weight excluding hydrogens is 796 g/mol. The van der Waals surface area contributed by atoms with Crippen molar-refractivity contribution in [3.8, 4) is 6.07 Å². The normalized spacial score (nSPS) is 21.4. The first-order valence-electron chi connectivity index (χ1n) is 23.9. The molecule has 0 aromatic rings. The van der Waals surface area contributed by atoms with Gasteiger partial charge in [-0.25, -0.2) is 6.57 Å². The van der Waals surface area contributed by atoms with Crippen LogP contribution < -0.4 is 5.32 Å². The standard InChI is InChI=1S/C9H19NO.C7H15N.C6H9N.C5H9F3O.C5H12N2.C5H11NO.C5H7N.C3H8O.C3H8/c1-9-3-5-10(6-4-9)7-8-11-2;1-7-3-5-8(2)6-4-7;1-6(5-7)3-2-4-6;1-2-4(9)3-5(6,7)8;1-7-4-2-6-3-5-7;1-6-2-4-7-5-3-6;1-5(6-2)3-4-5;1-2-3-4;1-3-2/h9H,3-8H2,1-2H3;7H,3-6H2,1-2H3;2-4H2,1H3;4,9H,2-3H2,1H3;6H,2-5H2,1H3;2-5H2,1H3;3-4H2,1H3;4H,2-3H2,1H3;3H2,1-2H3. The number of hydrogen-bond acceptors (Lipinski definition) is 10. The molecule has 1 unspecified atom stereocenters. The highest BCUT2D eigenvalue weighted by Gasteiger charge is 2.44. The quantitative estimate of drug-likeness (QED) is 0.224. The van der Waals surface area contributed by atoms with Crippen LogP contribution in [0.4, 0.5) is 13.2 Å². The van der Waals surface area contributed by atoms with Crippen LogP contribution in [0.2, 0.25) is 0 Å². The lowest BCUT2D eigenvalue weighted by molar-refractivity contribution is -0.153. The van der Waals surface area contributed by atoms with Crippen LogP contribution in [0.1, 0.15) is 139 Å². The van der Waals surface area contributed by atoms with Gasteiger partial charge in [0.05, 0.1) is 43.8 Å². The topological polar surface area (TPSA) is 112 Å². The lowest BCUT2D eigenvalue weighted by atomic mass is 9.72. The molecule has 0 amide bonds. The van der Waals surface area contributed by atoms with Crippen LogP contribution in [0, 0.1) is 35.2 Å².